The number of aromatic nitrogens is 2. The number of aliphatic hydroxyl groups excluding tert-OH is 1. The van der Waals surface area contributed by atoms with Gasteiger partial charge in [0.1, 0.15) is 0 Å². The Bertz CT molecular complexity index is 391. The minimum atomic E-state index is -0.246. The average Bonchev–Trinajstić information content (AvgIpc) is 2.30. The molecule has 5 nitrogen and oxygen atoms in total. The lowest BCUT2D eigenvalue weighted by molar-refractivity contribution is 0.0763. The standard InChI is InChI=1S/C11H17N3O2/c15-9-4-2-1-3-8(9)7-14-10-11(16)13-6-5-12-10/h5-6,8-9,15H,1-4,7H2,(H,12,14)(H,13,16). The van der Waals surface area contributed by atoms with Crippen molar-refractivity contribution in [1.82, 2.24) is 9.97 Å². The molecule has 3 N–H and O–H groups in total. The highest BCUT2D eigenvalue weighted by atomic mass is 16.3. The number of anilines is 1. The predicted octanol–water partition coefficient (Wildman–Crippen LogP) is 0.733. The van der Waals surface area contributed by atoms with Crippen molar-refractivity contribution in [1.29, 1.82) is 0 Å². The Labute approximate surface area is 93.9 Å². The normalized spacial score (nSPS) is 25.3. The number of hydrogen-bond donors (Lipinski definition) is 3. The van der Waals surface area contributed by atoms with E-state index in [0.717, 1.165) is 25.7 Å². The number of rotatable bonds is 3. The highest BCUT2D eigenvalue weighted by Gasteiger charge is 2.22. The molecule has 0 amide bonds. The minimum Gasteiger partial charge on any atom is -0.393 e. The molecule has 2 atom stereocenters. The molecule has 0 spiro atoms. The molecule has 5 heteroatoms. The first-order valence-corrected chi connectivity index (χ1v) is 5.73. The highest BCUT2D eigenvalue weighted by Crippen LogP contribution is 2.24. The van der Waals surface area contributed by atoms with Crippen molar-refractivity contribution in [2.75, 3.05) is 11.9 Å². The maximum absolute atomic E-state index is 11.3. The van der Waals surface area contributed by atoms with E-state index in [4.69, 9.17) is 0 Å². The van der Waals surface area contributed by atoms with Crippen molar-refractivity contribution >= 4 is 5.82 Å². The van der Waals surface area contributed by atoms with Gasteiger partial charge in [0.15, 0.2) is 5.82 Å². The van der Waals surface area contributed by atoms with Gasteiger partial charge in [-0.3, -0.25) is 4.79 Å². The Hall–Kier alpha value is -1.36. The van der Waals surface area contributed by atoms with Crippen molar-refractivity contribution in [3.8, 4) is 0 Å². The molecule has 1 fully saturated rings. The third-order valence-corrected chi connectivity index (χ3v) is 3.11. The fraction of sp³-hybridized carbons (Fsp3) is 0.636. The zero-order chi connectivity index (χ0) is 11.4. The SMILES string of the molecule is O=c1[nH]ccnc1NCC1CCCCC1O. The van der Waals surface area contributed by atoms with E-state index in [-0.39, 0.29) is 17.6 Å². The summed E-state index contributed by atoms with van der Waals surface area (Å²) in [6, 6.07) is 0. The Morgan fingerprint density at radius 1 is 1.50 bits per heavy atom. The van der Waals surface area contributed by atoms with Crippen molar-refractivity contribution in [3.63, 3.8) is 0 Å². The van der Waals surface area contributed by atoms with Crippen LogP contribution in [-0.2, 0) is 0 Å². The van der Waals surface area contributed by atoms with Gasteiger partial charge in [0.05, 0.1) is 6.10 Å². The second-order valence-corrected chi connectivity index (χ2v) is 4.26. The van der Waals surface area contributed by atoms with Crippen LogP contribution < -0.4 is 10.9 Å². The van der Waals surface area contributed by atoms with Crippen LogP contribution in [-0.4, -0.2) is 27.7 Å². The number of hydrogen-bond acceptors (Lipinski definition) is 4. The van der Waals surface area contributed by atoms with Gasteiger partial charge in [0, 0.05) is 24.9 Å². The van der Waals surface area contributed by atoms with Gasteiger partial charge in [0.25, 0.3) is 5.56 Å². The van der Waals surface area contributed by atoms with E-state index in [2.05, 4.69) is 15.3 Å². The molecule has 0 aromatic carbocycles. The Morgan fingerprint density at radius 3 is 3.06 bits per heavy atom. The molecule has 2 unspecified atom stereocenters. The topological polar surface area (TPSA) is 78.0 Å². The summed E-state index contributed by atoms with van der Waals surface area (Å²) in [5, 5.41) is 12.8. The molecule has 2 rings (SSSR count). The Kier molecular flexibility index (Phi) is 3.56. The average molecular weight is 223 g/mol. The van der Waals surface area contributed by atoms with E-state index >= 15 is 0 Å². The van der Waals surface area contributed by atoms with Gasteiger partial charge < -0.3 is 15.4 Å². The summed E-state index contributed by atoms with van der Waals surface area (Å²) in [5.41, 5.74) is -0.215. The monoisotopic (exact) mass is 223 g/mol. The zero-order valence-corrected chi connectivity index (χ0v) is 9.15. The van der Waals surface area contributed by atoms with Crippen LogP contribution in [0.25, 0.3) is 0 Å². The fourth-order valence-electron chi connectivity index (χ4n) is 2.13. The van der Waals surface area contributed by atoms with E-state index in [0.29, 0.717) is 12.4 Å². The maximum Gasteiger partial charge on any atom is 0.290 e. The lowest BCUT2D eigenvalue weighted by Crippen LogP contribution is -2.31. The van der Waals surface area contributed by atoms with E-state index < -0.39 is 0 Å². The van der Waals surface area contributed by atoms with Gasteiger partial charge in [-0.05, 0) is 12.8 Å². The van der Waals surface area contributed by atoms with Gasteiger partial charge in [0.2, 0.25) is 0 Å². The van der Waals surface area contributed by atoms with Gasteiger partial charge in [-0.15, -0.1) is 0 Å². The van der Waals surface area contributed by atoms with Crippen molar-refractivity contribution in [2.45, 2.75) is 31.8 Å². The molecule has 1 aromatic heterocycles. The first-order chi connectivity index (χ1) is 7.77. The first kappa shape index (κ1) is 11.1. The molecular weight excluding hydrogens is 206 g/mol. The summed E-state index contributed by atoms with van der Waals surface area (Å²) in [4.78, 5) is 17.8. The molecule has 0 saturated heterocycles. The van der Waals surface area contributed by atoms with Gasteiger partial charge in [-0.25, -0.2) is 4.98 Å². The third kappa shape index (κ3) is 2.61. The molecule has 1 saturated carbocycles. The summed E-state index contributed by atoms with van der Waals surface area (Å²) < 4.78 is 0. The molecular formula is C11H17N3O2. The Balaban J connectivity index is 1.92. The molecule has 0 radical (unpaired) electrons. The predicted molar refractivity (Wildman–Crippen MR) is 61.3 cm³/mol. The van der Waals surface area contributed by atoms with Crippen molar-refractivity contribution in [3.05, 3.63) is 22.7 Å². The smallest absolute Gasteiger partial charge is 0.290 e. The lowest BCUT2D eigenvalue weighted by Gasteiger charge is -2.27. The number of nitrogens with zero attached hydrogens (tertiary/aromatic N) is 1. The van der Waals surface area contributed by atoms with Crippen LogP contribution in [0.4, 0.5) is 5.82 Å². The third-order valence-electron chi connectivity index (χ3n) is 3.11. The summed E-state index contributed by atoms with van der Waals surface area (Å²) in [5.74, 6) is 0.565. The van der Waals surface area contributed by atoms with E-state index in [1.165, 1.54) is 6.20 Å². The summed E-state index contributed by atoms with van der Waals surface area (Å²) in [6.45, 7) is 0.612. The quantitative estimate of drug-likeness (QED) is 0.706. The largest absolute Gasteiger partial charge is 0.393 e. The van der Waals surface area contributed by atoms with Crippen molar-refractivity contribution in [2.24, 2.45) is 5.92 Å². The molecule has 0 bridgehead atoms. The molecule has 16 heavy (non-hydrogen) atoms. The summed E-state index contributed by atoms with van der Waals surface area (Å²) in [6.07, 6.45) is 6.93. The molecule has 1 heterocycles. The molecule has 88 valence electrons. The van der Waals surface area contributed by atoms with Crippen LogP contribution in [0.2, 0.25) is 0 Å². The summed E-state index contributed by atoms with van der Waals surface area (Å²) >= 11 is 0. The maximum atomic E-state index is 11.3. The molecule has 0 aliphatic heterocycles. The van der Waals surface area contributed by atoms with Crippen LogP contribution in [0, 0.1) is 5.92 Å². The van der Waals surface area contributed by atoms with Crippen LogP contribution in [0.15, 0.2) is 17.2 Å². The Morgan fingerprint density at radius 2 is 2.31 bits per heavy atom. The van der Waals surface area contributed by atoms with Gasteiger partial charge in [-0.2, -0.15) is 0 Å². The van der Waals surface area contributed by atoms with Crippen LogP contribution in [0.5, 0.6) is 0 Å². The van der Waals surface area contributed by atoms with Crippen LogP contribution >= 0.6 is 0 Å². The molecule has 1 aromatic rings. The fourth-order valence-corrected chi connectivity index (χ4v) is 2.13. The zero-order valence-electron chi connectivity index (χ0n) is 9.15. The van der Waals surface area contributed by atoms with Crippen molar-refractivity contribution < 1.29 is 5.11 Å². The van der Waals surface area contributed by atoms with Gasteiger partial charge >= 0.3 is 0 Å². The van der Waals surface area contributed by atoms with Gasteiger partial charge in [-0.1, -0.05) is 12.8 Å². The van der Waals surface area contributed by atoms with E-state index in [9.17, 15) is 9.90 Å². The molecule has 1 aliphatic carbocycles. The number of aliphatic hydroxyl groups is 1. The van der Waals surface area contributed by atoms with E-state index in [1.807, 2.05) is 0 Å². The van der Waals surface area contributed by atoms with E-state index in [1.54, 1.807) is 6.20 Å². The molecule has 1 aliphatic rings. The lowest BCUT2D eigenvalue weighted by atomic mass is 9.86. The highest BCUT2D eigenvalue weighted by molar-refractivity contribution is 5.29. The van der Waals surface area contributed by atoms with Crippen LogP contribution in [0.1, 0.15) is 25.7 Å². The number of aromatic amines is 1. The van der Waals surface area contributed by atoms with Crippen LogP contribution in [0.3, 0.4) is 0 Å². The minimum absolute atomic E-state index is 0.215. The first-order valence-electron chi connectivity index (χ1n) is 5.73. The second-order valence-electron chi connectivity index (χ2n) is 4.26. The number of H-pyrrole nitrogens is 1. The summed E-state index contributed by atoms with van der Waals surface area (Å²) in [7, 11) is 0. The second kappa shape index (κ2) is 5.12. The number of nitrogens with one attached hydrogen (secondary N) is 2.